The van der Waals surface area contributed by atoms with Gasteiger partial charge in [0, 0.05) is 23.0 Å². The van der Waals surface area contributed by atoms with Crippen molar-refractivity contribution in [3.8, 4) is 10.6 Å². The van der Waals surface area contributed by atoms with E-state index in [1.807, 2.05) is 50.4 Å². The number of aromatic nitrogens is 1. The smallest absolute Gasteiger partial charge is 0.123 e. The molecule has 4 heteroatoms. The lowest BCUT2D eigenvalue weighted by atomic mass is 10.1. The second-order valence-electron chi connectivity index (χ2n) is 5.99. The van der Waals surface area contributed by atoms with Gasteiger partial charge in [0.25, 0.3) is 0 Å². The first-order valence-electron chi connectivity index (χ1n) is 8.15. The number of rotatable bonds is 4. The van der Waals surface area contributed by atoms with Gasteiger partial charge in [-0.2, -0.15) is 0 Å². The molecule has 3 rings (SSSR count). The fraction of sp³-hybridized carbons (Fsp3) is 0.143. The number of nitrogens with zero attached hydrogens (tertiary/aromatic N) is 2. The molecule has 0 radical (unpaired) electrons. The van der Waals surface area contributed by atoms with Crippen LogP contribution >= 0.6 is 11.3 Å². The van der Waals surface area contributed by atoms with Gasteiger partial charge < -0.3 is 5.73 Å². The summed E-state index contributed by atoms with van der Waals surface area (Å²) in [6.07, 6.45) is 1.88. The Morgan fingerprint density at radius 3 is 2.32 bits per heavy atom. The van der Waals surface area contributed by atoms with E-state index in [0.29, 0.717) is 5.70 Å². The van der Waals surface area contributed by atoms with E-state index in [4.69, 9.17) is 10.7 Å². The lowest BCUT2D eigenvalue weighted by molar-refractivity contribution is 1.28. The Balaban J connectivity index is 1.92. The number of aryl methyl sites for hydroxylation is 1. The number of aliphatic imine (C=N–C) groups is 1. The highest BCUT2D eigenvalue weighted by atomic mass is 32.1. The summed E-state index contributed by atoms with van der Waals surface area (Å²) in [6.45, 7) is 5.96. The first kappa shape index (κ1) is 17.1. The SMILES string of the molecule is C/C(N)=C(/N=C(\C)c1cnc(-c2ccc(C)cc2)s1)c1ccccc1. The zero-order valence-corrected chi connectivity index (χ0v) is 15.5. The normalized spacial score (nSPS) is 12.8. The second-order valence-corrected chi connectivity index (χ2v) is 7.02. The van der Waals surface area contributed by atoms with Crippen molar-refractivity contribution >= 4 is 22.7 Å². The molecule has 0 saturated heterocycles. The third-order valence-corrected chi connectivity index (χ3v) is 5.02. The van der Waals surface area contributed by atoms with Gasteiger partial charge in [-0.3, -0.25) is 0 Å². The number of benzene rings is 2. The van der Waals surface area contributed by atoms with Crippen molar-refractivity contribution in [1.29, 1.82) is 0 Å². The van der Waals surface area contributed by atoms with E-state index in [9.17, 15) is 0 Å². The van der Waals surface area contributed by atoms with Crippen LogP contribution in [0.25, 0.3) is 16.3 Å². The predicted molar refractivity (Wildman–Crippen MR) is 108 cm³/mol. The monoisotopic (exact) mass is 347 g/mol. The molecule has 0 fully saturated rings. The quantitative estimate of drug-likeness (QED) is 0.653. The highest BCUT2D eigenvalue weighted by Crippen LogP contribution is 2.27. The minimum Gasteiger partial charge on any atom is -0.401 e. The van der Waals surface area contributed by atoms with Gasteiger partial charge in [0.15, 0.2) is 0 Å². The Hall–Kier alpha value is -2.72. The summed E-state index contributed by atoms with van der Waals surface area (Å²) < 4.78 is 0. The van der Waals surface area contributed by atoms with Crippen molar-refractivity contribution in [2.24, 2.45) is 10.7 Å². The van der Waals surface area contributed by atoms with Crippen LogP contribution in [-0.2, 0) is 0 Å². The highest BCUT2D eigenvalue weighted by Gasteiger charge is 2.09. The van der Waals surface area contributed by atoms with Crippen molar-refractivity contribution < 1.29 is 0 Å². The van der Waals surface area contributed by atoms with Crippen molar-refractivity contribution in [3.05, 3.63) is 82.5 Å². The summed E-state index contributed by atoms with van der Waals surface area (Å²) in [6, 6.07) is 18.4. The van der Waals surface area contributed by atoms with Gasteiger partial charge in [-0.1, -0.05) is 60.2 Å². The van der Waals surface area contributed by atoms with Gasteiger partial charge in [0.2, 0.25) is 0 Å². The fourth-order valence-corrected chi connectivity index (χ4v) is 3.34. The minimum atomic E-state index is 0.703. The molecule has 25 heavy (non-hydrogen) atoms. The van der Waals surface area contributed by atoms with Gasteiger partial charge in [-0.25, -0.2) is 9.98 Å². The molecule has 0 bridgehead atoms. The van der Waals surface area contributed by atoms with Gasteiger partial charge in [0.05, 0.1) is 16.3 Å². The molecule has 1 heterocycles. The Bertz CT molecular complexity index is 915. The molecule has 0 saturated carbocycles. The zero-order valence-electron chi connectivity index (χ0n) is 14.7. The maximum absolute atomic E-state index is 6.07. The molecule has 0 unspecified atom stereocenters. The molecule has 3 nitrogen and oxygen atoms in total. The number of nitrogens with two attached hydrogens (primary N) is 1. The Labute approximate surface area is 152 Å². The van der Waals surface area contributed by atoms with Gasteiger partial charge in [0.1, 0.15) is 5.01 Å². The molecule has 0 atom stereocenters. The predicted octanol–water partition coefficient (Wildman–Crippen LogP) is 5.27. The molecule has 0 aliphatic heterocycles. The number of thiazole rings is 1. The van der Waals surface area contributed by atoms with Crippen molar-refractivity contribution in [1.82, 2.24) is 4.98 Å². The van der Waals surface area contributed by atoms with Crippen LogP contribution in [0.4, 0.5) is 0 Å². The number of hydrogen-bond donors (Lipinski definition) is 1. The van der Waals surface area contributed by atoms with Crippen LogP contribution in [0, 0.1) is 6.92 Å². The first-order valence-corrected chi connectivity index (χ1v) is 8.96. The summed E-state index contributed by atoms with van der Waals surface area (Å²) in [5.74, 6) is 0. The Kier molecular flexibility index (Phi) is 5.10. The molecule has 0 spiro atoms. The molecule has 1 aromatic heterocycles. The molecular weight excluding hydrogens is 326 g/mol. The lowest BCUT2D eigenvalue weighted by Gasteiger charge is -2.06. The molecule has 0 aliphatic carbocycles. The van der Waals surface area contributed by atoms with Crippen LogP contribution in [0.1, 0.15) is 29.9 Å². The lowest BCUT2D eigenvalue weighted by Crippen LogP contribution is -1.99. The van der Waals surface area contributed by atoms with Crippen LogP contribution in [0.2, 0.25) is 0 Å². The third kappa shape index (κ3) is 4.03. The topological polar surface area (TPSA) is 51.3 Å². The molecule has 2 N–H and O–H groups in total. The molecule has 0 aliphatic rings. The van der Waals surface area contributed by atoms with Gasteiger partial charge in [-0.15, -0.1) is 11.3 Å². The Morgan fingerprint density at radius 1 is 1.00 bits per heavy atom. The van der Waals surface area contributed by atoms with E-state index < -0.39 is 0 Å². The standard InChI is InChI=1S/C21H21N3S/c1-14-9-11-18(12-10-14)21-23-13-19(25-21)16(3)24-20(15(2)22)17-7-5-4-6-8-17/h4-13H,22H2,1-3H3/b20-15-,24-16+. The summed E-state index contributed by atoms with van der Waals surface area (Å²) in [5.41, 5.74) is 11.9. The zero-order chi connectivity index (χ0) is 17.8. The molecule has 3 aromatic rings. The largest absolute Gasteiger partial charge is 0.401 e. The third-order valence-electron chi connectivity index (χ3n) is 3.86. The summed E-state index contributed by atoms with van der Waals surface area (Å²) in [7, 11) is 0. The van der Waals surface area contributed by atoms with E-state index in [1.165, 1.54) is 5.56 Å². The van der Waals surface area contributed by atoms with Crippen LogP contribution in [-0.4, -0.2) is 10.7 Å². The molecular formula is C21H21N3S. The maximum Gasteiger partial charge on any atom is 0.123 e. The highest BCUT2D eigenvalue weighted by molar-refractivity contribution is 7.17. The van der Waals surface area contributed by atoms with E-state index in [1.54, 1.807) is 11.3 Å². The van der Waals surface area contributed by atoms with Crippen molar-refractivity contribution in [2.45, 2.75) is 20.8 Å². The number of allylic oxidation sites excluding steroid dienone is 1. The summed E-state index contributed by atoms with van der Waals surface area (Å²) in [5, 5.41) is 0.999. The number of hydrogen-bond acceptors (Lipinski definition) is 4. The van der Waals surface area contributed by atoms with E-state index in [2.05, 4.69) is 36.2 Å². The second kappa shape index (κ2) is 7.45. The van der Waals surface area contributed by atoms with Crippen molar-refractivity contribution in [2.75, 3.05) is 0 Å². The summed E-state index contributed by atoms with van der Waals surface area (Å²) in [4.78, 5) is 10.4. The van der Waals surface area contributed by atoms with E-state index in [0.717, 1.165) is 32.4 Å². The maximum atomic E-state index is 6.07. The average molecular weight is 347 g/mol. The van der Waals surface area contributed by atoms with Crippen LogP contribution in [0.3, 0.4) is 0 Å². The minimum absolute atomic E-state index is 0.703. The van der Waals surface area contributed by atoms with E-state index >= 15 is 0 Å². The van der Waals surface area contributed by atoms with Gasteiger partial charge >= 0.3 is 0 Å². The molecule has 2 aromatic carbocycles. The average Bonchev–Trinajstić information content (AvgIpc) is 3.11. The van der Waals surface area contributed by atoms with Gasteiger partial charge in [-0.05, 0) is 20.8 Å². The van der Waals surface area contributed by atoms with Crippen LogP contribution in [0.15, 0.2) is 71.5 Å². The molecule has 0 amide bonds. The molecule has 126 valence electrons. The first-order chi connectivity index (χ1) is 12.0. The Morgan fingerprint density at radius 2 is 1.68 bits per heavy atom. The van der Waals surface area contributed by atoms with Crippen molar-refractivity contribution in [3.63, 3.8) is 0 Å². The van der Waals surface area contributed by atoms with E-state index in [-0.39, 0.29) is 0 Å². The fourth-order valence-electron chi connectivity index (χ4n) is 2.47. The summed E-state index contributed by atoms with van der Waals surface area (Å²) >= 11 is 1.64. The van der Waals surface area contributed by atoms with Crippen LogP contribution < -0.4 is 5.73 Å². The van der Waals surface area contributed by atoms with Crippen LogP contribution in [0.5, 0.6) is 0 Å².